The van der Waals surface area contributed by atoms with Crippen LogP contribution in [0.4, 0.5) is 0 Å². The van der Waals surface area contributed by atoms with Crippen LogP contribution in [-0.2, 0) is 42.7 Å². The minimum atomic E-state index is -0.295. The summed E-state index contributed by atoms with van der Waals surface area (Å²) in [5, 5.41) is 0. The molecular formula is C65H126N2O9. The molecule has 0 bridgehead atoms. The van der Waals surface area contributed by atoms with Crippen LogP contribution in [0, 0.1) is 0 Å². The van der Waals surface area contributed by atoms with Gasteiger partial charge in [0.2, 0.25) is 0 Å². The summed E-state index contributed by atoms with van der Waals surface area (Å²) in [6.45, 7) is 18.3. The van der Waals surface area contributed by atoms with Crippen molar-refractivity contribution in [3.05, 3.63) is 0 Å². The first kappa shape index (κ1) is 70.8. The summed E-state index contributed by atoms with van der Waals surface area (Å²) in [5.41, 5.74) is 0. The van der Waals surface area contributed by atoms with Gasteiger partial charge in [-0.2, -0.15) is 0 Å². The van der Waals surface area contributed by atoms with E-state index >= 15 is 0 Å². The summed E-state index contributed by atoms with van der Waals surface area (Å²) < 4.78 is 43.6. The molecule has 0 atom stereocenters. The summed E-state index contributed by atoms with van der Waals surface area (Å²) in [5.74, 6) is -0.440. The van der Waals surface area contributed by atoms with Crippen LogP contribution in [0.3, 0.4) is 0 Å². The van der Waals surface area contributed by atoms with Crippen molar-refractivity contribution in [2.75, 3.05) is 79.0 Å². The van der Waals surface area contributed by atoms with Gasteiger partial charge in [0.15, 0.2) is 12.6 Å². The van der Waals surface area contributed by atoms with E-state index in [2.05, 4.69) is 37.5 Å². The van der Waals surface area contributed by atoms with E-state index in [-0.39, 0.29) is 49.9 Å². The molecule has 0 saturated carbocycles. The average Bonchev–Trinajstić information content (AvgIpc) is 3.96. The second-order valence-corrected chi connectivity index (χ2v) is 23.1. The Balaban J connectivity index is 1.90. The minimum absolute atomic E-state index is 0.196. The molecule has 76 heavy (non-hydrogen) atoms. The number of carbonyl (C=O) groups excluding carboxylic acids is 2. The van der Waals surface area contributed by atoms with Gasteiger partial charge in [0.05, 0.1) is 12.1 Å². The van der Waals surface area contributed by atoms with Gasteiger partial charge < -0.3 is 38.1 Å². The molecule has 450 valence electrons. The molecule has 0 unspecified atom stereocenters. The molecule has 0 aromatic heterocycles. The number of carbonyl (C=O) groups is 2. The highest BCUT2D eigenvalue weighted by Gasteiger charge is 2.28. The molecule has 0 spiro atoms. The number of piperidine rings is 1. The Morgan fingerprint density at radius 3 is 1.07 bits per heavy atom. The molecule has 0 radical (unpaired) electrons. The van der Waals surface area contributed by atoms with Gasteiger partial charge in [0.1, 0.15) is 13.2 Å². The highest BCUT2D eigenvalue weighted by atomic mass is 16.7. The Morgan fingerprint density at radius 1 is 0.395 bits per heavy atom. The molecule has 0 aromatic rings. The Labute approximate surface area is 470 Å². The van der Waals surface area contributed by atoms with E-state index in [1.54, 1.807) is 0 Å². The fourth-order valence-electron chi connectivity index (χ4n) is 10.8. The lowest BCUT2D eigenvalue weighted by Crippen LogP contribution is -2.48. The number of unbranched alkanes of at least 4 members (excludes halogenated alkanes) is 28. The fourth-order valence-corrected chi connectivity index (χ4v) is 10.8. The third-order valence-corrected chi connectivity index (χ3v) is 15.9. The first-order chi connectivity index (χ1) is 37.5. The highest BCUT2D eigenvalue weighted by molar-refractivity contribution is 5.69. The second kappa shape index (κ2) is 54.3. The molecule has 11 heteroatoms. The predicted octanol–water partition coefficient (Wildman–Crippen LogP) is 17.0. The standard InChI is InChI=1S/C65H126N2O9/c1-5-9-13-17-21-25-29-35-53-71-64(72-54-36-30-26-22-18-14-10-6-2)44-39-42-62(68)75-58-60(67-51-46-61(47-52-67)70-57-41-50-66-48-33-34-49-66)59-76-63(69)43-40-45-65(73-55-37-31-27-23-19-15-11-7-3)74-56-38-32-28-24-20-16-12-8-4/h60-61,64-65H,5-59H2,1-4H3. The molecule has 2 rings (SSSR count). The molecule has 11 nitrogen and oxygen atoms in total. The number of ether oxygens (including phenoxy) is 7. The van der Waals surface area contributed by atoms with Crippen LogP contribution in [-0.4, -0.2) is 125 Å². The summed E-state index contributed by atoms with van der Waals surface area (Å²) in [7, 11) is 0. The summed E-state index contributed by atoms with van der Waals surface area (Å²) in [6.07, 6.45) is 48.8. The molecule has 0 aromatic carbocycles. The SMILES string of the molecule is CCCCCCCCCCOC(CCCC(=O)OCC(COC(=O)CCCC(OCCCCCCCCCC)OCCCCCCCCCC)N1CCC(OCCCN2CCCC2)CC1)OCCCCCCCCCC. The van der Waals surface area contributed by atoms with Crippen LogP contribution in [0.5, 0.6) is 0 Å². The normalized spacial score (nSPS) is 14.8. The lowest BCUT2D eigenvalue weighted by atomic mass is 10.1. The van der Waals surface area contributed by atoms with Gasteiger partial charge >= 0.3 is 11.9 Å². The summed E-state index contributed by atoms with van der Waals surface area (Å²) in [4.78, 5) is 31.6. The first-order valence-electron chi connectivity index (χ1n) is 33.3. The third-order valence-electron chi connectivity index (χ3n) is 15.9. The van der Waals surface area contributed by atoms with E-state index in [1.165, 1.54) is 206 Å². The van der Waals surface area contributed by atoms with Crippen LogP contribution < -0.4 is 0 Å². The highest BCUT2D eigenvalue weighted by Crippen LogP contribution is 2.20. The Kier molecular flexibility index (Phi) is 50.5. The number of esters is 2. The van der Waals surface area contributed by atoms with Crippen LogP contribution >= 0.6 is 0 Å². The van der Waals surface area contributed by atoms with Crippen molar-refractivity contribution in [3.8, 4) is 0 Å². The molecule has 0 aliphatic carbocycles. The van der Waals surface area contributed by atoms with Crippen molar-refractivity contribution in [3.63, 3.8) is 0 Å². The molecule has 2 aliphatic heterocycles. The van der Waals surface area contributed by atoms with Gasteiger partial charge in [-0.3, -0.25) is 14.5 Å². The van der Waals surface area contributed by atoms with Crippen molar-refractivity contribution >= 4 is 11.9 Å². The molecular weight excluding hydrogens is 953 g/mol. The van der Waals surface area contributed by atoms with Crippen molar-refractivity contribution in [2.45, 2.75) is 329 Å². The molecule has 2 aliphatic rings. The molecule has 2 fully saturated rings. The van der Waals surface area contributed by atoms with Gasteiger partial charge in [-0.15, -0.1) is 0 Å². The quantitative estimate of drug-likeness (QED) is 0.0330. The maximum absolute atomic E-state index is 13.4. The fraction of sp³-hybridized carbons (Fsp3) is 0.969. The lowest BCUT2D eigenvalue weighted by molar-refractivity contribution is -0.155. The van der Waals surface area contributed by atoms with Gasteiger partial charge in [0.25, 0.3) is 0 Å². The van der Waals surface area contributed by atoms with Gasteiger partial charge in [-0.05, 0) is 96.6 Å². The zero-order valence-corrected chi connectivity index (χ0v) is 50.8. The van der Waals surface area contributed by atoms with Gasteiger partial charge in [0, 0.05) is 65.5 Å². The number of rotatable bonds is 58. The number of likely N-dealkylation sites (tertiary alicyclic amines) is 2. The maximum atomic E-state index is 13.4. The van der Waals surface area contributed by atoms with E-state index in [9.17, 15) is 9.59 Å². The molecule has 0 amide bonds. The smallest absolute Gasteiger partial charge is 0.305 e. The zero-order chi connectivity index (χ0) is 54.5. The predicted molar refractivity (Wildman–Crippen MR) is 316 cm³/mol. The lowest BCUT2D eigenvalue weighted by Gasteiger charge is -2.37. The van der Waals surface area contributed by atoms with Crippen LogP contribution in [0.2, 0.25) is 0 Å². The number of hydrogen-bond donors (Lipinski definition) is 0. The zero-order valence-electron chi connectivity index (χ0n) is 50.8. The van der Waals surface area contributed by atoms with E-state index in [0.717, 1.165) is 71.2 Å². The summed E-state index contributed by atoms with van der Waals surface area (Å²) >= 11 is 0. The van der Waals surface area contributed by atoms with Crippen LogP contribution in [0.1, 0.15) is 304 Å². The van der Waals surface area contributed by atoms with Crippen LogP contribution in [0.15, 0.2) is 0 Å². The molecule has 0 N–H and O–H groups in total. The van der Waals surface area contributed by atoms with E-state index in [0.29, 0.717) is 65.0 Å². The Morgan fingerprint density at radius 2 is 0.724 bits per heavy atom. The Hall–Kier alpha value is -1.34. The minimum Gasteiger partial charge on any atom is -0.464 e. The largest absolute Gasteiger partial charge is 0.464 e. The second-order valence-electron chi connectivity index (χ2n) is 23.1. The van der Waals surface area contributed by atoms with E-state index < -0.39 is 0 Å². The van der Waals surface area contributed by atoms with Crippen molar-refractivity contribution in [1.29, 1.82) is 0 Å². The van der Waals surface area contributed by atoms with E-state index in [4.69, 9.17) is 33.2 Å². The van der Waals surface area contributed by atoms with Gasteiger partial charge in [-0.1, -0.05) is 207 Å². The maximum Gasteiger partial charge on any atom is 0.305 e. The average molecular weight is 1080 g/mol. The molecule has 2 heterocycles. The number of hydrogen-bond acceptors (Lipinski definition) is 11. The summed E-state index contributed by atoms with van der Waals surface area (Å²) in [6, 6.07) is -0.209. The van der Waals surface area contributed by atoms with E-state index in [1.807, 2.05) is 0 Å². The monoisotopic (exact) mass is 1080 g/mol. The Bertz CT molecular complexity index is 1120. The number of nitrogens with zero attached hydrogens (tertiary/aromatic N) is 2. The van der Waals surface area contributed by atoms with Crippen molar-refractivity contribution < 1.29 is 42.7 Å². The van der Waals surface area contributed by atoms with Gasteiger partial charge in [-0.25, -0.2) is 0 Å². The topological polar surface area (TPSA) is 105 Å². The third kappa shape index (κ3) is 43.5. The molecule has 2 saturated heterocycles. The van der Waals surface area contributed by atoms with Crippen molar-refractivity contribution in [1.82, 2.24) is 9.80 Å². The van der Waals surface area contributed by atoms with Crippen LogP contribution in [0.25, 0.3) is 0 Å². The first-order valence-corrected chi connectivity index (χ1v) is 33.3. The van der Waals surface area contributed by atoms with Crippen molar-refractivity contribution in [2.24, 2.45) is 0 Å².